The number of benzene rings is 2. The smallest absolute Gasteiger partial charge is 0.342 e. The van der Waals surface area contributed by atoms with Gasteiger partial charge in [-0.15, -0.1) is 0 Å². The molecule has 1 atom stereocenters. The van der Waals surface area contributed by atoms with Crippen LogP contribution in [0.4, 0.5) is 0 Å². The minimum atomic E-state index is -0.818. The molecule has 0 unspecified atom stereocenters. The van der Waals surface area contributed by atoms with Crippen molar-refractivity contribution in [1.82, 2.24) is 5.32 Å². The van der Waals surface area contributed by atoms with Crippen molar-refractivity contribution in [3.8, 4) is 5.75 Å². The Balaban J connectivity index is 1.89. The van der Waals surface area contributed by atoms with Gasteiger partial charge in [0.15, 0.2) is 6.61 Å². The maximum atomic E-state index is 11.9. The number of carbonyl (C=O) groups excluding carboxylic acids is 2. The van der Waals surface area contributed by atoms with Crippen molar-refractivity contribution in [2.45, 2.75) is 13.0 Å². The van der Waals surface area contributed by atoms with E-state index in [1.807, 2.05) is 31.2 Å². The fourth-order valence-electron chi connectivity index (χ4n) is 2.00. The fourth-order valence-corrected chi connectivity index (χ4v) is 2.43. The van der Waals surface area contributed by atoms with Crippen molar-refractivity contribution in [3.63, 3.8) is 0 Å². The lowest BCUT2D eigenvalue weighted by atomic mass is 10.1. The third-order valence-electron chi connectivity index (χ3n) is 3.26. The molecule has 0 radical (unpaired) electrons. The number of amides is 1. The Morgan fingerprint density at radius 3 is 2.58 bits per heavy atom. The molecule has 2 rings (SSSR count). The Labute approximate surface area is 152 Å². The van der Waals surface area contributed by atoms with Crippen LogP contribution in [0, 0.1) is 0 Å². The number of halogens is 2. The molecule has 1 amide bonds. The third kappa shape index (κ3) is 4.97. The normalized spacial score (nSPS) is 11.6. The van der Waals surface area contributed by atoms with Crippen molar-refractivity contribution < 1.29 is 19.4 Å². The van der Waals surface area contributed by atoms with Crippen LogP contribution < -0.4 is 5.32 Å². The first kappa shape index (κ1) is 18.3. The van der Waals surface area contributed by atoms with Crippen LogP contribution in [0.15, 0.2) is 46.9 Å². The van der Waals surface area contributed by atoms with Crippen LogP contribution in [-0.2, 0) is 9.53 Å². The lowest BCUT2D eigenvalue weighted by molar-refractivity contribution is -0.124. The van der Waals surface area contributed by atoms with E-state index in [9.17, 15) is 14.7 Å². The van der Waals surface area contributed by atoms with Gasteiger partial charge in [0.2, 0.25) is 0 Å². The Bertz CT molecular complexity index is 749. The molecule has 0 aromatic heterocycles. The zero-order valence-corrected chi connectivity index (χ0v) is 15.1. The summed E-state index contributed by atoms with van der Waals surface area (Å²) in [6.07, 6.45) is 0. The lowest BCUT2D eigenvalue weighted by Crippen LogP contribution is -2.31. The first-order chi connectivity index (χ1) is 11.4. The van der Waals surface area contributed by atoms with E-state index in [0.29, 0.717) is 0 Å². The Morgan fingerprint density at radius 2 is 1.92 bits per heavy atom. The number of esters is 1. The van der Waals surface area contributed by atoms with E-state index >= 15 is 0 Å². The fraction of sp³-hybridized carbons (Fsp3) is 0.176. The Hall–Kier alpha value is -2.05. The zero-order chi connectivity index (χ0) is 17.7. The van der Waals surface area contributed by atoms with Crippen LogP contribution in [-0.4, -0.2) is 23.6 Å². The van der Waals surface area contributed by atoms with E-state index in [1.54, 1.807) is 0 Å². The molecule has 0 aliphatic carbocycles. The molecule has 7 heteroatoms. The van der Waals surface area contributed by atoms with Gasteiger partial charge in [0.1, 0.15) is 11.3 Å². The van der Waals surface area contributed by atoms with E-state index in [2.05, 4.69) is 21.2 Å². The van der Waals surface area contributed by atoms with Crippen LogP contribution in [0.1, 0.15) is 28.9 Å². The topological polar surface area (TPSA) is 75.6 Å². The summed E-state index contributed by atoms with van der Waals surface area (Å²) in [5.41, 5.74) is 0.835. The van der Waals surface area contributed by atoms with Crippen LogP contribution in [0.2, 0.25) is 5.02 Å². The van der Waals surface area contributed by atoms with Gasteiger partial charge in [-0.2, -0.15) is 0 Å². The standard InChI is InChI=1S/C17H15BrClNO4/c1-10(11-2-4-12(18)5-3-11)20-16(22)9-24-17(23)14-8-13(19)6-7-15(14)21/h2-8,10,21H,9H2,1H3,(H,20,22)/t10-/m1/s1. The molecular weight excluding hydrogens is 398 g/mol. The molecule has 0 aliphatic rings. The molecule has 0 saturated heterocycles. The predicted molar refractivity (Wildman–Crippen MR) is 94.1 cm³/mol. The lowest BCUT2D eigenvalue weighted by Gasteiger charge is -2.14. The average Bonchev–Trinajstić information content (AvgIpc) is 2.55. The molecule has 0 aliphatic heterocycles. The molecule has 0 bridgehead atoms. The first-order valence-corrected chi connectivity index (χ1v) is 8.24. The summed E-state index contributed by atoms with van der Waals surface area (Å²) in [5, 5.41) is 12.6. The second-order valence-corrected chi connectivity index (χ2v) is 6.43. The second kappa shape index (κ2) is 8.17. The maximum Gasteiger partial charge on any atom is 0.342 e. The van der Waals surface area contributed by atoms with Gasteiger partial charge in [-0.05, 0) is 42.8 Å². The minimum Gasteiger partial charge on any atom is -0.507 e. The highest BCUT2D eigenvalue weighted by Gasteiger charge is 2.16. The molecule has 0 fully saturated rings. The minimum absolute atomic E-state index is 0.0868. The number of hydrogen-bond acceptors (Lipinski definition) is 4. The molecule has 126 valence electrons. The van der Waals surface area contributed by atoms with Gasteiger partial charge in [0.05, 0.1) is 6.04 Å². The molecule has 0 heterocycles. The van der Waals surface area contributed by atoms with Gasteiger partial charge in [-0.1, -0.05) is 39.7 Å². The Morgan fingerprint density at radius 1 is 1.25 bits per heavy atom. The third-order valence-corrected chi connectivity index (χ3v) is 4.02. The van der Waals surface area contributed by atoms with Crippen LogP contribution in [0.25, 0.3) is 0 Å². The molecular formula is C17H15BrClNO4. The van der Waals surface area contributed by atoms with Gasteiger partial charge >= 0.3 is 5.97 Å². The van der Waals surface area contributed by atoms with Crippen molar-refractivity contribution in [1.29, 1.82) is 0 Å². The van der Waals surface area contributed by atoms with E-state index in [-0.39, 0.29) is 22.4 Å². The number of ether oxygens (including phenoxy) is 1. The molecule has 0 saturated carbocycles. The van der Waals surface area contributed by atoms with Gasteiger partial charge in [-0.3, -0.25) is 4.79 Å². The van der Waals surface area contributed by atoms with Crippen molar-refractivity contribution >= 4 is 39.4 Å². The van der Waals surface area contributed by atoms with Gasteiger partial charge < -0.3 is 15.2 Å². The number of nitrogens with one attached hydrogen (secondary N) is 1. The Kier molecular flexibility index (Phi) is 6.23. The monoisotopic (exact) mass is 411 g/mol. The van der Waals surface area contributed by atoms with E-state index < -0.39 is 18.5 Å². The highest BCUT2D eigenvalue weighted by Crippen LogP contribution is 2.22. The van der Waals surface area contributed by atoms with E-state index in [4.69, 9.17) is 16.3 Å². The number of phenolic OH excluding ortho intramolecular Hbond substituents is 1. The quantitative estimate of drug-likeness (QED) is 0.732. The largest absolute Gasteiger partial charge is 0.507 e. The average molecular weight is 413 g/mol. The van der Waals surface area contributed by atoms with Gasteiger partial charge in [0.25, 0.3) is 5.91 Å². The molecule has 2 aromatic carbocycles. The first-order valence-electron chi connectivity index (χ1n) is 7.07. The van der Waals surface area contributed by atoms with Crippen molar-refractivity contribution in [2.75, 3.05) is 6.61 Å². The summed E-state index contributed by atoms with van der Waals surface area (Å²) >= 11 is 9.11. The van der Waals surface area contributed by atoms with Gasteiger partial charge in [0, 0.05) is 9.50 Å². The predicted octanol–water partition coefficient (Wildman–Crippen LogP) is 3.84. The highest BCUT2D eigenvalue weighted by atomic mass is 79.9. The number of hydrogen-bond donors (Lipinski definition) is 2. The molecule has 5 nitrogen and oxygen atoms in total. The molecule has 24 heavy (non-hydrogen) atoms. The molecule has 2 N–H and O–H groups in total. The van der Waals surface area contributed by atoms with Crippen molar-refractivity contribution in [3.05, 3.63) is 63.1 Å². The van der Waals surface area contributed by atoms with E-state index in [0.717, 1.165) is 10.0 Å². The highest BCUT2D eigenvalue weighted by molar-refractivity contribution is 9.10. The summed E-state index contributed by atoms with van der Waals surface area (Å²) in [4.78, 5) is 23.8. The summed E-state index contributed by atoms with van der Waals surface area (Å²) in [5.74, 6) is -1.52. The molecule has 0 spiro atoms. The number of carbonyl (C=O) groups is 2. The second-order valence-electron chi connectivity index (χ2n) is 5.08. The zero-order valence-electron chi connectivity index (χ0n) is 12.8. The van der Waals surface area contributed by atoms with E-state index in [1.165, 1.54) is 18.2 Å². The summed E-state index contributed by atoms with van der Waals surface area (Å²) in [6, 6.07) is 11.3. The SMILES string of the molecule is C[C@@H](NC(=O)COC(=O)c1cc(Cl)ccc1O)c1ccc(Br)cc1. The summed E-state index contributed by atoms with van der Waals surface area (Å²) in [6.45, 7) is 1.37. The number of aromatic hydroxyl groups is 1. The summed E-state index contributed by atoms with van der Waals surface area (Å²) in [7, 11) is 0. The summed E-state index contributed by atoms with van der Waals surface area (Å²) < 4.78 is 5.85. The van der Waals surface area contributed by atoms with Crippen LogP contribution in [0.5, 0.6) is 5.75 Å². The number of rotatable bonds is 5. The number of phenols is 1. The molecule has 2 aromatic rings. The van der Waals surface area contributed by atoms with Crippen LogP contribution >= 0.6 is 27.5 Å². The van der Waals surface area contributed by atoms with Crippen LogP contribution in [0.3, 0.4) is 0 Å². The van der Waals surface area contributed by atoms with Gasteiger partial charge in [-0.25, -0.2) is 4.79 Å². The maximum absolute atomic E-state index is 11.9. The van der Waals surface area contributed by atoms with Crippen molar-refractivity contribution in [2.24, 2.45) is 0 Å².